The average molecular weight is 226 g/mol. The van der Waals surface area contributed by atoms with Gasteiger partial charge < -0.3 is 5.32 Å². The number of rotatable bonds is 2. The van der Waals surface area contributed by atoms with Crippen LogP contribution in [0.1, 0.15) is 18.4 Å². The molecule has 1 aliphatic heterocycles. The van der Waals surface area contributed by atoms with Gasteiger partial charge in [-0.25, -0.2) is 0 Å². The molecule has 0 radical (unpaired) electrons. The summed E-state index contributed by atoms with van der Waals surface area (Å²) >= 11 is 0. The second-order valence-corrected chi connectivity index (χ2v) is 4.91. The Bertz CT molecular complexity index is 496. The summed E-state index contributed by atoms with van der Waals surface area (Å²) in [4.78, 5) is 4.53. The van der Waals surface area contributed by atoms with Crippen molar-refractivity contribution in [1.82, 2.24) is 10.3 Å². The van der Waals surface area contributed by atoms with Crippen LogP contribution in [0.25, 0.3) is 10.9 Å². The van der Waals surface area contributed by atoms with Crippen LogP contribution in [0.5, 0.6) is 0 Å². The number of nitrogens with zero attached hydrogens (tertiary/aromatic N) is 1. The molecule has 1 atom stereocenters. The topological polar surface area (TPSA) is 24.9 Å². The van der Waals surface area contributed by atoms with Crippen molar-refractivity contribution in [3.63, 3.8) is 0 Å². The van der Waals surface area contributed by atoms with Gasteiger partial charge >= 0.3 is 0 Å². The fourth-order valence-electron chi connectivity index (χ4n) is 2.74. The Morgan fingerprint density at radius 2 is 2.18 bits per heavy atom. The molecule has 2 heterocycles. The first-order valence-electron chi connectivity index (χ1n) is 6.47. The van der Waals surface area contributed by atoms with Gasteiger partial charge in [-0.05, 0) is 49.9 Å². The number of hydrogen-bond acceptors (Lipinski definition) is 2. The van der Waals surface area contributed by atoms with Gasteiger partial charge in [0.2, 0.25) is 0 Å². The van der Waals surface area contributed by atoms with Gasteiger partial charge in [-0.3, -0.25) is 4.98 Å². The predicted molar refractivity (Wildman–Crippen MR) is 71.0 cm³/mol. The zero-order valence-electron chi connectivity index (χ0n) is 10.0. The molecule has 1 N–H and O–H groups in total. The number of fused-ring (bicyclic) bond motifs is 1. The van der Waals surface area contributed by atoms with E-state index in [1.165, 1.54) is 35.9 Å². The number of pyridine rings is 1. The molecular formula is C15H18N2. The van der Waals surface area contributed by atoms with E-state index in [1.54, 1.807) is 0 Å². The van der Waals surface area contributed by atoms with Crippen LogP contribution in [0.4, 0.5) is 0 Å². The van der Waals surface area contributed by atoms with Crippen molar-refractivity contribution in [3.8, 4) is 0 Å². The molecule has 1 saturated heterocycles. The van der Waals surface area contributed by atoms with E-state index >= 15 is 0 Å². The van der Waals surface area contributed by atoms with Crippen LogP contribution in [0.3, 0.4) is 0 Å². The number of hydrogen-bond donors (Lipinski definition) is 1. The second-order valence-electron chi connectivity index (χ2n) is 4.91. The van der Waals surface area contributed by atoms with Gasteiger partial charge in [0, 0.05) is 11.6 Å². The molecule has 88 valence electrons. The maximum atomic E-state index is 4.53. The van der Waals surface area contributed by atoms with E-state index in [4.69, 9.17) is 0 Å². The fraction of sp³-hybridized carbons (Fsp3) is 0.400. The lowest BCUT2D eigenvalue weighted by molar-refractivity contribution is 0.376. The first kappa shape index (κ1) is 10.7. The van der Waals surface area contributed by atoms with Gasteiger partial charge in [0.05, 0.1) is 5.52 Å². The summed E-state index contributed by atoms with van der Waals surface area (Å²) in [5, 5.41) is 4.74. The first-order chi connectivity index (χ1) is 8.43. The number of benzene rings is 1. The third-order valence-corrected chi connectivity index (χ3v) is 3.62. The zero-order valence-corrected chi connectivity index (χ0v) is 10.0. The van der Waals surface area contributed by atoms with Crippen LogP contribution in [0.2, 0.25) is 0 Å². The van der Waals surface area contributed by atoms with Crippen LogP contribution in [0.15, 0.2) is 36.5 Å². The maximum Gasteiger partial charge on any atom is 0.0733 e. The molecule has 0 bridgehead atoms. The molecule has 3 rings (SSSR count). The maximum absolute atomic E-state index is 4.53. The molecule has 1 fully saturated rings. The molecule has 17 heavy (non-hydrogen) atoms. The lowest BCUT2D eigenvalue weighted by Gasteiger charge is -2.23. The Kier molecular flexibility index (Phi) is 3.06. The fourth-order valence-corrected chi connectivity index (χ4v) is 2.74. The van der Waals surface area contributed by atoms with E-state index in [0.29, 0.717) is 0 Å². The van der Waals surface area contributed by atoms with E-state index in [9.17, 15) is 0 Å². The molecule has 0 saturated carbocycles. The Labute approximate surface area is 102 Å². The van der Waals surface area contributed by atoms with Crippen molar-refractivity contribution in [2.24, 2.45) is 5.92 Å². The highest BCUT2D eigenvalue weighted by Crippen LogP contribution is 2.22. The summed E-state index contributed by atoms with van der Waals surface area (Å²) in [7, 11) is 0. The highest BCUT2D eigenvalue weighted by Gasteiger charge is 2.14. The second kappa shape index (κ2) is 4.84. The quantitative estimate of drug-likeness (QED) is 0.851. The summed E-state index contributed by atoms with van der Waals surface area (Å²) in [5.41, 5.74) is 2.58. The number of piperidine rings is 1. The summed E-state index contributed by atoms with van der Waals surface area (Å²) in [6, 6.07) is 10.7. The van der Waals surface area contributed by atoms with E-state index in [1.807, 2.05) is 12.3 Å². The minimum atomic E-state index is 0.774. The zero-order chi connectivity index (χ0) is 11.5. The van der Waals surface area contributed by atoms with Crippen molar-refractivity contribution < 1.29 is 0 Å². The Hall–Kier alpha value is -1.41. The summed E-state index contributed by atoms with van der Waals surface area (Å²) < 4.78 is 0. The van der Waals surface area contributed by atoms with Gasteiger partial charge in [-0.2, -0.15) is 0 Å². The Balaban J connectivity index is 1.89. The molecule has 0 spiro atoms. The largest absolute Gasteiger partial charge is 0.316 e. The minimum absolute atomic E-state index is 0.774. The molecule has 2 heteroatoms. The average Bonchev–Trinajstić information content (AvgIpc) is 2.40. The standard InChI is InChI=1S/C15H18N2/c1-5-13-7-3-9-17-15(13)14(6-1)10-12-4-2-8-16-11-12/h1,3,5-7,9,12,16H,2,4,8,10-11H2. The summed E-state index contributed by atoms with van der Waals surface area (Å²) in [6.07, 6.45) is 5.70. The van der Waals surface area contributed by atoms with Crippen molar-refractivity contribution in [3.05, 3.63) is 42.1 Å². The van der Waals surface area contributed by atoms with Gasteiger partial charge in [0.15, 0.2) is 0 Å². The predicted octanol–water partition coefficient (Wildman–Crippen LogP) is 2.78. The van der Waals surface area contributed by atoms with Crippen molar-refractivity contribution in [2.45, 2.75) is 19.3 Å². The monoisotopic (exact) mass is 226 g/mol. The minimum Gasteiger partial charge on any atom is -0.316 e. The van der Waals surface area contributed by atoms with Crippen LogP contribution in [-0.2, 0) is 6.42 Å². The molecule has 1 unspecified atom stereocenters. The van der Waals surface area contributed by atoms with Crippen molar-refractivity contribution in [2.75, 3.05) is 13.1 Å². The third-order valence-electron chi connectivity index (χ3n) is 3.62. The van der Waals surface area contributed by atoms with E-state index in [-0.39, 0.29) is 0 Å². The van der Waals surface area contributed by atoms with Crippen LogP contribution >= 0.6 is 0 Å². The van der Waals surface area contributed by atoms with Gasteiger partial charge in [-0.1, -0.05) is 24.3 Å². The molecule has 0 aliphatic carbocycles. The Morgan fingerprint density at radius 3 is 3.06 bits per heavy atom. The highest BCUT2D eigenvalue weighted by atomic mass is 14.9. The third kappa shape index (κ3) is 2.32. The number of aromatic nitrogens is 1. The molecule has 1 aromatic heterocycles. The summed E-state index contributed by atoms with van der Waals surface area (Å²) in [6.45, 7) is 2.34. The van der Waals surface area contributed by atoms with Crippen LogP contribution < -0.4 is 5.32 Å². The van der Waals surface area contributed by atoms with Gasteiger partial charge in [0.25, 0.3) is 0 Å². The van der Waals surface area contributed by atoms with Crippen LogP contribution in [-0.4, -0.2) is 18.1 Å². The summed E-state index contributed by atoms with van der Waals surface area (Å²) in [5.74, 6) is 0.774. The van der Waals surface area contributed by atoms with E-state index in [2.05, 4.69) is 34.6 Å². The molecule has 2 aromatic rings. The van der Waals surface area contributed by atoms with Crippen molar-refractivity contribution in [1.29, 1.82) is 0 Å². The van der Waals surface area contributed by atoms with Crippen molar-refractivity contribution >= 4 is 10.9 Å². The Morgan fingerprint density at radius 1 is 1.24 bits per heavy atom. The molecule has 2 nitrogen and oxygen atoms in total. The normalized spacial score (nSPS) is 20.6. The van der Waals surface area contributed by atoms with Crippen LogP contribution in [0, 0.1) is 5.92 Å². The number of nitrogens with one attached hydrogen (secondary N) is 1. The van der Waals surface area contributed by atoms with Gasteiger partial charge in [-0.15, -0.1) is 0 Å². The smallest absolute Gasteiger partial charge is 0.0733 e. The first-order valence-corrected chi connectivity index (χ1v) is 6.47. The molecular weight excluding hydrogens is 208 g/mol. The molecule has 1 aliphatic rings. The van der Waals surface area contributed by atoms with Gasteiger partial charge in [0.1, 0.15) is 0 Å². The van der Waals surface area contributed by atoms with E-state index in [0.717, 1.165) is 18.9 Å². The lowest BCUT2D eigenvalue weighted by atomic mass is 9.91. The lowest BCUT2D eigenvalue weighted by Crippen LogP contribution is -2.30. The SMILES string of the molecule is c1cnc2c(CC3CCCNC3)cccc2c1. The number of para-hydroxylation sites is 1. The highest BCUT2D eigenvalue weighted by molar-refractivity contribution is 5.81. The molecule has 1 aromatic carbocycles. The van der Waals surface area contributed by atoms with E-state index < -0.39 is 0 Å². The molecule has 0 amide bonds.